The zero-order chi connectivity index (χ0) is 17.6. The van der Waals surface area contributed by atoms with Crippen molar-refractivity contribution in [2.24, 2.45) is 0 Å². The minimum absolute atomic E-state index is 0.0526. The molecule has 2 N–H and O–H groups in total. The highest BCUT2D eigenvalue weighted by atomic mass is 16.6. The van der Waals surface area contributed by atoms with Gasteiger partial charge in [0.15, 0.2) is 17.3 Å². The number of carbonyl (C=O) groups excluding carboxylic acids is 3. The molecule has 1 fully saturated rings. The van der Waals surface area contributed by atoms with Crippen LogP contribution in [0.3, 0.4) is 0 Å². The maximum absolute atomic E-state index is 12.3. The van der Waals surface area contributed by atoms with Gasteiger partial charge in [0, 0.05) is 24.9 Å². The third-order valence-corrected chi connectivity index (χ3v) is 4.31. The molecular formula is C18H22N2O5. The zero-order valence-corrected chi connectivity index (χ0v) is 14.0. The van der Waals surface area contributed by atoms with Gasteiger partial charge in [0.1, 0.15) is 19.3 Å². The Hall–Kier alpha value is -2.57. The normalized spacial score (nSPS) is 19.5. The van der Waals surface area contributed by atoms with Gasteiger partial charge in [0.25, 0.3) is 0 Å². The second-order valence-electron chi connectivity index (χ2n) is 6.19. The van der Waals surface area contributed by atoms with E-state index in [1.807, 2.05) is 0 Å². The van der Waals surface area contributed by atoms with Crippen LogP contribution in [0.4, 0.5) is 0 Å². The van der Waals surface area contributed by atoms with Crippen molar-refractivity contribution in [3.05, 3.63) is 23.8 Å². The van der Waals surface area contributed by atoms with Gasteiger partial charge in [0.2, 0.25) is 11.8 Å². The van der Waals surface area contributed by atoms with Crippen molar-refractivity contribution in [3.63, 3.8) is 0 Å². The van der Waals surface area contributed by atoms with Gasteiger partial charge in [-0.15, -0.1) is 0 Å². The fraction of sp³-hybridized carbons (Fsp3) is 0.500. The first-order valence-electron chi connectivity index (χ1n) is 8.63. The number of amides is 2. The van der Waals surface area contributed by atoms with E-state index in [-0.39, 0.29) is 30.4 Å². The molecule has 2 amide bonds. The molecule has 7 heteroatoms. The standard InChI is InChI=1S/C18H22N2O5/c21-14(12-4-6-15-16(11-12)25-10-9-24-15)5-7-17(22)20-13-3-1-2-8-19-18(13)23/h4,6,11,13H,1-3,5,7-10H2,(H,19,23)(H,20,22). The fourth-order valence-corrected chi connectivity index (χ4v) is 2.93. The summed E-state index contributed by atoms with van der Waals surface area (Å²) in [6, 6.07) is 4.52. The van der Waals surface area contributed by atoms with E-state index in [9.17, 15) is 14.4 Å². The summed E-state index contributed by atoms with van der Waals surface area (Å²) in [5, 5.41) is 5.49. The van der Waals surface area contributed by atoms with Gasteiger partial charge in [-0.25, -0.2) is 0 Å². The Morgan fingerprint density at radius 1 is 1.12 bits per heavy atom. The number of nitrogens with one attached hydrogen (secondary N) is 2. The van der Waals surface area contributed by atoms with E-state index in [0.29, 0.717) is 43.2 Å². The summed E-state index contributed by atoms with van der Waals surface area (Å²) in [7, 11) is 0. The summed E-state index contributed by atoms with van der Waals surface area (Å²) in [4.78, 5) is 36.2. The minimum atomic E-state index is -0.501. The molecule has 3 rings (SSSR count). The largest absolute Gasteiger partial charge is 0.486 e. The van der Waals surface area contributed by atoms with Crippen LogP contribution in [0.5, 0.6) is 11.5 Å². The number of hydrogen-bond donors (Lipinski definition) is 2. The zero-order valence-electron chi connectivity index (χ0n) is 14.0. The molecule has 1 aromatic carbocycles. The first-order valence-corrected chi connectivity index (χ1v) is 8.63. The van der Waals surface area contributed by atoms with E-state index < -0.39 is 6.04 Å². The van der Waals surface area contributed by atoms with Gasteiger partial charge in [-0.2, -0.15) is 0 Å². The van der Waals surface area contributed by atoms with E-state index >= 15 is 0 Å². The summed E-state index contributed by atoms with van der Waals surface area (Å²) in [6.07, 6.45) is 2.57. The van der Waals surface area contributed by atoms with E-state index in [0.717, 1.165) is 12.8 Å². The highest BCUT2D eigenvalue weighted by Crippen LogP contribution is 2.31. The molecule has 7 nitrogen and oxygen atoms in total. The van der Waals surface area contributed by atoms with Gasteiger partial charge in [0.05, 0.1) is 0 Å². The van der Waals surface area contributed by atoms with Crippen LogP contribution in [-0.4, -0.2) is 43.4 Å². The molecule has 1 atom stereocenters. The predicted molar refractivity (Wildman–Crippen MR) is 89.8 cm³/mol. The Kier molecular flexibility index (Phi) is 5.53. The van der Waals surface area contributed by atoms with Crippen LogP contribution >= 0.6 is 0 Å². The van der Waals surface area contributed by atoms with Crippen molar-refractivity contribution in [2.75, 3.05) is 19.8 Å². The van der Waals surface area contributed by atoms with Crippen molar-refractivity contribution in [1.82, 2.24) is 10.6 Å². The van der Waals surface area contributed by atoms with Crippen LogP contribution in [-0.2, 0) is 9.59 Å². The van der Waals surface area contributed by atoms with Gasteiger partial charge in [-0.1, -0.05) is 0 Å². The fourth-order valence-electron chi connectivity index (χ4n) is 2.93. The molecule has 1 unspecified atom stereocenters. The predicted octanol–water partition coefficient (Wildman–Crippen LogP) is 1.21. The number of ketones is 1. The number of fused-ring (bicyclic) bond motifs is 1. The quantitative estimate of drug-likeness (QED) is 0.782. The van der Waals surface area contributed by atoms with Gasteiger partial charge >= 0.3 is 0 Å². The van der Waals surface area contributed by atoms with Crippen molar-refractivity contribution in [2.45, 2.75) is 38.1 Å². The maximum atomic E-state index is 12.3. The molecule has 2 heterocycles. The maximum Gasteiger partial charge on any atom is 0.242 e. The van der Waals surface area contributed by atoms with E-state index in [1.54, 1.807) is 18.2 Å². The monoisotopic (exact) mass is 346 g/mol. The average molecular weight is 346 g/mol. The molecule has 0 spiro atoms. The van der Waals surface area contributed by atoms with E-state index in [1.165, 1.54) is 0 Å². The molecule has 2 aliphatic heterocycles. The summed E-state index contributed by atoms with van der Waals surface area (Å²) in [6.45, 7) is 1.60. The Morgan fingerprint density at radius 2 is 1.92 bits per heavy atom. The Bertz CT molecular complexity index is 673. The SMILES string of the molecule is O=C(CCC(=O)c1ccc2c(c1)OCCO2)NC1CCCCNC1=O. The molecule has 2 aliphatic rings. The number of ether oxygens (including phenoxy) is 2. The van der Waals surface area contributed by atoms with Crippen molar-refractivity contribution in [1.29, 1.82) is 0 Å². The topological polar surface area (TPSA) is 93.7 Å². The highest BCUT2D eigenvalue weighted by Gasteiger charge is 2.22. The summed E-state index contributed by atoms with van der Waals surface area (Å²) >= 11 is 0. The first kappa shape index (κ1) is 17.3. The summed E-state index contributed by atoms with van der Waals surface area (Å²) < 4.78 is 10.9. The Morgan fingerprint density at radius 3 is 2.76 bits per heavy atom. The average Bonchev–Trinajstić information content (AvgIpc) is 2.83. The van der Waals surface area contributed by atoms with Gasteiger partial charge < -0.3 is 20.1 Å². The molecule has 25 heavy (non-hydrogen) atoms. The molecule has 134 valence electrons. The van der Waals surface area contributed by atoms with Crippen molar-refractivity contribution < 1.29 is 23.9 Å². The first-order chi connectivity index (χ1) is 12.1. The smallest absolute Gasteiger partial charge is 0.242 e. The lowest BCUT2D eigenvalue weighted by Crippen LogP contribution is -2.45. The van der Waals surface area contributed by atoms with Crippen molar-refractivity contribution in [3.8, 4) is 11.5 Å². The number of benzene rings is 1. The molecular weight excluding hydrogens is 324 g/mol. The summed E-state index contributed by atoms with van der Waals surface area (Å²) in [5.41, 5.74) is 0.490. The molecule has 0 radical (unpaired) electrons. The lowest BCUT2D eigenvalue weighted by molar-refractivity contribution is -0.128. The van der Waals surface area contributed by atoms with Gasteiger partial charge in [-0.3, -0.25) is 14.4 Å². The Labute approximate surface area is 146 Å². The molecule has 0 saturated carbocycles. The van der Waals surface area contributed by atoms with Crippen LogP contribution in [0.2, 0.25) is 0 Å². The van der Waals surface area contributed by atoms with Crippen LogP contribution < -0.4 is 20.1 Å². The number of Topliss-reactive ketones (excluding diaryl/α,β-unsaturated/α-hetero) is 1. The molecule has 1 saturated heterocycles. The molecule has 0 aromatic heterocycles. The van der Waals surface area contributed by atoms with E-state index in [2.05, 4.69) is 10.6 Å². The number of carbonyl (C=O) groups is 3. The third kappa shape index (κ3) is 4.49. The molecule has 0 bridgehead atoms. The molecule has 1 aromatic rings. The van der Waals surface area contributed by atoms with Crippen LogP contribution in [0.1, 0.15) is 42.5 Å². The van der Waals surface area contributed by atoms with Crippen LogP contribution in [0, 0.1) is 0 Å². The van der Waals surface area contributed by atoms with Crippen LogP contribution in [0.25, 0.3) is 0 Å². The third-order valence-electron chi connectivity index (χ3n) is 4.31. The second-order valence-corrected chi connectivity index (χ2v) is 6.19. The lowest BCUT2D eigenvalue weighted by Gasteiger charge is -2.18. The number of rotatable bonds is 5. The lowest BCUT2D eigenvalue weighted by atomic mass is 10.0. The van der Waals surface area contributed by atoms with Gasteiger partial charge in [-0.05, 0) is 37.5 Å². The minimum Gasteiger partial charge on any atom is -0.486 e. The van der Waals surface area contributed by atoms with E-state index in [4.69, 9.17) is 9.47 Å². The van der Waals surface area contributed by atoms with Crippen molar-refractivity contribution >= 4 is 17.6 Å². The summed E-state index contributed by atoms with van der Waals surface area (Å²) in [5.74, 6) is 0.603. The number of hydrogen-bond acceptors (Lipinski definition) is 5. The molecule has 0 aliphatic carbocycles. The Balaban J connectivity index is 1.51. The second kappa shape index (κ2) is 8.00. The highest BCUT2D eigenvalue weighted by molar-refractivity contribution is 5.99. The van der Waals surface area contributed by atoms with Crippen LogP contribution in [0.15, 0.2) is 18.2 Å².